The van der Waals surface area contributed by atoms with Crippen LogP contribution in [0, 0.1) is 12.7 Å². The summed E-state index contributed by atoms with van der Waals surface area (Å²) in [5.74, 6) is -0.171. The van der Waals surface area contributed by atoms with Crippen LogP contribution in [0.25, 0.3) is 6.08 Å². The molecule has 2 heterocycles. The van der Waals surface area contributed by atoms with Crippen LogP contribution in [0.1, 0.15) is 17.5 Å². The smallest absolute Gasteiger partial charge is 0.244 e. The lowest BCUT2D eigenvalue weighted by atomic mass is 10.2. The van der Waals surface area contributed by atoms with Crippen molar-refractivity contribution in [2.45, 2.75) is 19.9 Å². The Labute approximate surface area is 203 Å². The van der Waals surface area contributed by atoms with Crippen LogP contribution in [0.5, 0.6) is 5.75 Å². The van der Waals surface area contributed by atoms with E-state index < -0.39 is 5.82 Å². The maximum absolute atomic E-state index is 13.9. The lowest BCUT2D eigenvalue weighted by molar-refractivity contribution is -0.131. The Bertz CT molecular complexity index is 1160. The van der Waals surface area contributed by atoms with Gasteiger partial charge >= 0.3 is 0 Å². The Morgan fingerprint density at radius 2 is 2.00 bits per heavy atom. The predicted molar refractivity (Wildman–Crippen MR) is 133 cm³/mol. The van der Waals surface area contributed by atoms with Crippen LogP contribution >= 0.6 is 0 Å². The number of amides is 2. The molecule has 0 aliphatic rings. The van der Waals surface area contributed by atoms with E-state index in [1.54, 1.807) is 18.1 Å². The average molecular weight is 481 g/mol. The summed E-state index contributed by atoms with van der Waals surface area (Å²) in [5, 5.41) is 9.74. The second-order valence-corrected chi connectivity index (χ2v) is 7.92. The molecule has 0 saturated carbocycles. The molecular formula is C25H29FN6O3. The van der Waals surface area contributed by atoms with Gasteiger partial charge in [-0.25, -0.2) is 4.39 Å². The number of benzene rings is 1. The standard InChI is InChI=1S/C25H29FN6O3/c1-4-19-13-27-15-22(26)25(19)28-10-9-23(33)30-20-14-29-32(16-20)17-24(34)31(3)11-12-35-21-7-5-18(2)6-8-21/h4-8,13-16H,1,9-12,17H2,2-3H3,(H,27,28)(H,30,33). The van der Waals surface area contributed by atoms with Gasteiger partial charge in [-0.2, -0.15) is 5.10 Å². The molecule has 1 aromatic carbocycles. The number of hydrogen-bond donors (Lipinski definition) is 2. The summed E-state index contributed by atoms with van der Waals surface area (Å²) in [7, 11) is 1.70. The zero-order valence-electron chi connectivity index (χ0n) is 19.8. The van der Waals surface area contributed by atoms with Gasteiger partial charge in [0.25, 0.3) is 0 Å². The summed E-state index contributed by atoms with van der Waals surface area (Å²) in [6.07, 6.45) is 7.23. The largest absolute Gasteiger partial charge is 0.492 e. The molecule has 2 amide bonds. The number of carbonyl (C=O) groups is 2. The van der Waals surface area contributed by atoms with Crippen LogP contribution in [-0.4, -0.2) is 58.2 Å². The van der Waals surface area contributed by atoms with Crippen molar-refractivity contribution < 1.29 is 18.7 Å². The van der Waals surface area contributed by atoms with Crippen molar-refractivity contribution in [3.05, 3.63) is 72.6 Å². The number of aromatic nitrogens is 3. The van der Waals surface area contributed by atoms with Crippen molar-refractivity contribution in [3.63, 3.8) is 0 Å². The van der Waals surface area contributed by atoms with Gasteiger partial charge in [0.15, 0.2) is 5.82 Å². The number of nitrogens with one attached hydrogen (secondary N) is 2. The Morgan fingerprint density at radius 1 is 1.23 bits per heavy atom. The van der Waals surface area contributed by atoms with Gasteiger partial charge in [-0.15, -0.1) is 0 Å². The van der Waals surface area contributed by atoms with Crippen molar-refractivity contribution in [1.29, 1.82) is 0 Å². The van der Waals surface area contributed by atoms with Crippen molar-refractivity contribution in [2.24, 2.45) is 0 Å². The minimum absolute atomic E-state index is 0.0319. The molecule has 10 heteroatoms. The summed E-state index contributed by atoms with van der Waals surface area (Å²) in [4.78, 5) is 30.0. The van der Waals surface area contributed by atoms with Gasteiger partial charge in [-0.1, -0.05) is 30.4 Å². The predicted octanol–water partition coefficient (Wildman–Crippen LogP) is 3.35. The van der Waals surface area contributed by atoms with Crippen LogP contribution in [0.15, 0.2) is 55.6 Å². The first kappa shape index (κ1) is 25.4. The van der Waals surface area contributed by atoms with E-state index in [2.05, 4.69) is 27.3 Å². The number of carbonyl (C=O) groups excluding carboxylic acids is 2. The van der Waals surface area contributed by atoms with Gasteiger partial charge < -0.3 is 20.3 Å². The van der Waals surface area contributed by atoms with Crippen molar-refractivity contribution >= 4 is 29.3 Å². The maximum atomic E-state index is 13.9. The molecule has 9 nitrogen and oxygen atoms in total. The molecule has 184 valence electrons. The molecular weight excluding hydrogens is 451 g/mol. The fraction of sp³-hybridized carbons (Fsp3) is 0.280. The lowest BCUT2D eigenvalue weighted by Gasteiger charge is -2.17. The van der Waals surface area contributed by atoms with Crippen molar-refractivity contribution in [1.82, 2.24) is 19.7 Å². The number of ether oxygens (including phenoxy) is 1. The number of anilines is 2. The SMILES string of the molecule is C=Cc1cncc(F)c1NCCC(=O)Nc1cnn(CC(=O)N(C)CCOc2ccc(C)cc2)c1. The molecule has 0 saturated heterocycles. The second-order valence-electron chi connectivity index (χ2n) is 7.92. The summed E-state index contributed by atoms with van der Waals surface area (Å²) in [6, 6.07) is 7.72. The second kappa shape index (κ2) is 12.3. The maximum Gasteiger partial charge on any atom is 0.244 e. The Kier molecular flexibility index (Phi) is 8.94. The van der Waals surface area contributed by atoms with Gasteiger partial charge in [0.2, 0.25) is 11.8 Å². The van der Waals surface area contributed by atoms with Crippen LogP contribution in [0.3, 0.4) is 0 Å². The van der Waals surface area contributed by atoms with E-state index in [1.807, 2.05) is 31.2 Å². The van der Waals surface area contributed by atoms with E-state index >= 15 is 0 Å². The average Bonchev–Trinajstić information content (AvgIpc) is 3.27. The van der Waals surface area contributed by atoms with Gasteiger partial charge in [-0.05, 0) is 19.1 Å². The topological polar surface area (TPSA) is 101 Å². The molecule has 0 aliphatic heterocycles. The molecule has 2 aromatic heterocycles. The third-order valence-electron chi connectivity index (χ3n) is 5.16. The number of halogens is 1. The number of nitrogens with zero attached hydrogens (tertiary/aromatic N) is 4. The Hall–Kier alpha value is -4.21. The molecule has 35 heavy (non-hydrogen) atoms. The highest BCUT2D eigenvalue weighted by atomic mass is 19.1. The third-order valence-corrected chi connectivity index (χ3v) is 5.16. The first-order chi connectivity index (χ1) is 16.9. The van der Waals surface area contributed by atoms with Crippen LogP contribution in [-0.2, 0) is 16.1 Å². The van der Waals surface area contributed by atoms with E-state index in [0.717, 1.165) is 17.5 Å². The van der Waals surface area contributed by atoms with Crippen LogP contribution in [0.4, 0.5) is 15.8 Å². The molecule has 0 fully saturated rings. The van der Waals surface area contributed by atoms with E-state index in [0.29, 0.717) is 24.4 Å². The first-order valence-corrected chi connectivity index (χ1v) is 11.1. The number of aryl methyl sites for hydroxylation is 1. The minimum Gasteiger partial charge on any atom is -0.492 e. The monoisotopic (exact) mass is 480 g/mol. The fourth-order valence-corrected chi connectivity index (χ4v) is 3.15. The van der Waals surface area contributed by atoms with Gasteiger partial charge in [-0.3, -0.25) is 19.3 Å². The third kappa shape index (κ3) is 7.66. The van der Waals surface area contributed by atoms with Crippen LogP contribution in [0.2, 0.25) is 0 Å². The van der Waals surface area contributed by atoms with E-state index in [4.69, 9.17) is 4.74 Å². The van der Waals surface area contributed by atoms with Gasteiger partial charge in [0, 0.05) is 38.0 Å². The zero-order valence-corrected chi connectivity index (χ0v) is 19.8. The Morgan fingerprint density at radius 3 is 2.74 bits per heavy atom. The molecule has 0 atom stereocenters. The highest BCUT2D eigenvalue weighted by Gasteiger charge is 2.12. The van der Waals surface area contributed by atoms with Crippen LogP contribution < -0.4 is 15.4 Å². The quantitative estimate of drug-likeness (QED) is 0.412. The number of rotatable bonds is 12. The molecule has 0 radical (unpaired) electrons. The molecule has 3 rings (SSSR count). The summed E-state index contributed by atoms with van der Waals surface area (Å²) in [6.45, 7) is 6.68. The lowest BCUT2D eigenvalue weighted by Crippen LogP contribution is -2.33. The van der Waals surface area contributed by atoms with Gasteiger partial charge in [0.1, 0.15) is 18.9 Å². The Balaban J connectivity index is 1.39. The van der Waals surface area contributed by atoms with Gasteiger partial charge in [0.05, 0.1) is 30.3 Å². The fourth-order valence-electron chi connectivity index (χ4n) is 3.15. The molecule has 0 unspecified atom stereocenters. The number of hydrogen-bond acceptors (Lipinski definition) is 6. The number of pyridine rings is 1. The van der Waals surface area contributed by atoms with E-state index in [-0.39, 0.29) is 37.0 Å². The number of likely N-dealkylation sites (N-methyl/N-ethyl adjacent to an activating group) is 1. The molecule has 0 bridgehead atoms. The minimum atomic E-state index is -0.513. The van der Waals surface area contributed by atoms with E-state index in [1.165, 1.54) is 23.2 Å². The summed E-state index contributed by atoms with van der Waals surface area (Å²) < 4.78 is 21.0. The van der Waals surface area contributed by atoms with Crippen molar-refractivity contribution in [2.75, 3.05) is 37.4 Å². The molecule has 0 spiro atoms. The highest BCUT2D eigenvalue weighted by Crippen LogP contribution is 2.19. The summed E-state index contributed by atoms with van der Waals surface area (Å²) >= 11 is 0. The summed E-state index contributed by atoms with van der Waals surface area (Å²) in [5.41, 5.74) is 2.39. The van der Waals surface area contributed by atoms with E-state index in [9.17, 15) is 14.0 Å². The normalized spacial score (nSPS) is 10.5. The molecule has 3 aromatic rings. The van der Waals surface area contributed by atoms with Crippen molar-refractivity contribution in [3.8, 4) is 5.75 Å². The molecule has 0 aliphatic carbocycles. The highest BCUT2D eigenvalue weighted by molar-refractivity contribution is 5.90. The first-order valence-electron chi connectivity index (χ1n) is 11.1. The zero-order chi connectivity index (χ0) is 25.2. The molecule has 2 N–H and O–H groups in total.